The molecule has 0 aliphatic heterocycles. The Bertz CT molecular complexity index is 897. The van der Waals surface area contributed by atoms with Crippen molar-refractivity contribution in [1.82, 2.24) is 4.98 Å². The van der Waals surface area contributed by atoms with Crippen LogP contribution < -0.4 is 10.5 Å². The number of hydrogen-bond donors (Lipinski definition) is 1. The molecular formula is C21H19N3O. The van der Waals surface area contributed by atoms with Gasteiger partial charge >= 0.3 is 0 Å². The van der Waals surface area contributed by atoms with E-state index in [1.165, 1.54) is 0 Å². The lowest BCUT2D eigenvalue weighted by molar-refractivity contribution is 0.317. The van der Waals surface area contributed by atoms with E-state index in [4.69, 9.17) is 10.5 Å². The fourth-order valence-electron chi connectivity index (χ4n) is 2.62. The van der Waals surface area contributed by atoms with Gasteiger partial charge in [-0.25, -0.2) is 4.98 Å². The number of hydrogen-bond acceptors (Lipinski definition) is 4. The zero-order chi connectivity index (χ0) is 17.6. The van der Waals surface area contributed by atoms with Crippen LogP contribution in [0.4, 0.5) is 5.82 Å². The van der Waals surface area contributed by atoms with E-state index in [2.05, 4.69) is 18.0 Å². The van der Waals surface area contributed by atoms with Crippen LogP contribution in [0.3, 0.4) is 0 Å². The summed E-state index contributed by atoms with van der Waals surface area (Å²) in [6.45, 7) is 2.75. The monoisotopic (exact) mass is 329 g/mol. The van der Waals surface area contributed by atoms with E-state index in [-0.39, 0.29) is 5.82 Å². The van der Waals surface area contributed by atoms with Gasteiger partial charge in [0, 0.05) is 11.1 Å². The van der Waals surface area contributed by atoms with Gasteiger partial charge in [-0.3, -0.25) is 0 Å². The molecular weight excluding hydrogens is 310 g/mol. The summed E-state index contributed by atoms with van der Waals surface area (Å²) in [6.07, 6.45) is 0.960. The second kappa shape index (κ2) is 7.50. The Morgan fingerprint density at radius 2 is 1.76 bits per heavy atom. The minimum Gasteiger partial charge on any atom is -0.494 e. The summed E-state index contributed by atoms with van der Waals surface area (Å²) in [5.74, 6) is 1.06. The van der Waals surface area contributed by atoms with Crippen LogP contribution in [0.1, 0.15) is 18.9 Å². The van der Waals surface area contributed by atoms with Gasteiger partial charge < -0.3 is 10.5 Å². The normalized spacial score (nSPS) is 10.2. The summed E-state index contributed by atoms with van der Waals surface area (Å²) < 4.78 is 5.62. The van der Waals surface area contributed by atoms with E-state index in [1.54, 1.807) is 0 Å². The Kier molecular flexibility index (Phi) is 4.96. The minimum absolute atomic E-state index is 0.241. The summed E-state index contributed by atoms with van der Waals surface area (Å²) in [5.41, 5.74) is 9.83. The topological polar surface area (TPSA) is 71.9 Å². The average Bonchev–Trinajstić information content (AvgIpc) is 2.67. The Morgan fingerprint density at radius 3 is 2.40 bits per heavy atom. The van der Waals surface area contributed by atoms with Crippen LogP contribution in [0.2, 0.25) is 0 Å². The van der Waals surface area contributed by atoms with Gasteiger partial charge in [0.05, 0.1) is 12.3 Å². The number of aromatic nitrogens is 1. The predicted octanol–water partition coefficient (Wildman–Crippen LogP) is 4.66. The molecule has 0 unspecified atom stereocenters. The van der Waals surface area contributed by atoms with Crippen LogP contribution in [0.15, 0.2) is 60.7 Å². The standard InChI is InChI=1S/C21H19N3O/c1-2-12-25-17-10-8-15(9-11-17)18-13-20(16-6-4-3-5-7-16)24-21(23)19(18)14-22/h3-11,13H,2,12H2,1H3,(H2,23,24). The van der Waals surface area contributed by atoms with Gasteiger partial charge in [0.25, 0.3) is 0 Å². The van der Waals surface area contributed by atoms with Crippen molar-refractivity contribution in [2.24, 2.45) is 0 Å². The van der Waals surface area contributed by atoms with E-state index in [1.807, 2.05) is 60.7 Å². The number of ether oxygens (including phenoxy) is 1. The second-order valence-corrected chi connectivity index (χ2v) is 5.67. The van der Waals surface area contributed by atoms with Crippen molar-refractivity contribution in [1.29, 1.82) is 5.26 Å². The lowest BCUT2D eigenvalue weighted by atomic mass is 9.98. The molecule has 0 aliphatic rings. The molecule has 0 saturated heterocycles. The van der Waals surface area contributed by atoms with Crippen LogP contribution in [-0.4, -0.2) is 11.6 Å². The summed E-state index contributed by atoms with van der Waals surface area (Å²) in [5, 5.41) is 9.50. The molecule has 3 rings (SSSR count). The van der Waals surface area contributed by atoms with E-state index < -0.39 is 0 Å². The highest BCUT2D eigenvalue weighted by Crippen LogP contribution is 2.32. The molecule has 3 aromatic rings. The molecule has 0 bridgehead atoms. The van der Waals surface area contributed by atoms with E-state index in [0.29, 0.717) is 12.2 Å². The Labute approximate surface area is 147 Å². The smallest absolute Gasteiger partial charge is 0.142 e. The lowest BCUT2D eigenvalue weighted by Crippen LogP contribution is -2.00. The molecule has 0 saturated carbocycles. The van der Waals surface area contributed by atoms with Gasteiger partial charge in [0.15, 0.2) is 0 Å². The minimum atomic E-state index is 0.241. The molecule has 2 N–H and O–H groups in total. The van der Waals surface area contributed by atoms with E-state index in [9.17, 15) is 5.26 Å². The molecule has 0 atom stereocenters. The summed E-state index contributed by atoms with van der Waals surface area (Å²) >= 11 is 0. The molecule has 25 heavy (non-hydrogen) atoms. The zero-order valence-corrected chi connectivity index (χ0v) is 14.1. The van der Waals surface area contributed by atoms with Gasteiger partial charge in [-0.1, -0.05) is 49.4 Å². The van der Waals surface area contributed by atoms with Crippen LogP contribution in [0.5, 0.6) is 5.75 Å². The third kappa shape index (κ3) is 3.61. The van der Waals surface area contributed by atoms with Gasteiger partial charge in [-0.05, 0) is 30.2 Å². The summed E-state index contributed by atoms with van der Waals surface area (Å²) in [7, 11) is 0. The molecule has 0 fully saturated rings. The first-order valence-electron chi connectivity index (χ1n) is 8.22. The number of nitrogens with two attached hydrogens (primary N) is 1. The molecule has 4 nitrogen and oxygen atoms in total. The largest absolute Gasteiger partial charge is 0.494 e. The predicted molar refractivity (Wildman–Crippen MR) is 100 cm³/mol. The number of benzene rings is 2. The molecule has 1 aromatic heterocycles. The molecule has 0 aliphatic carbocycles. The Morgan fingerprint density at radius 1 is 1.04 bits per heavy atom. The zero-order valence-electron chi connectivity index (χ0n) is 14.1. The molecule has 124 valence electrons. The lowest BCUT2D eigenvalue weighted by Gasteiger charge is -2.11. The molecule has 0 amide bonds. The van der Waals surface area contributed by atoms with E-state index >= 15 is 0 Å². The van der Waals surface area contributed by atoms with Crippen molar-refractivity contribution in [2.45, 2.75) is 13.3 Å². The average molecular weight is 329 g/mol. The van der Waals surface area contributed by atoms with Crippen molar-refractivity contribution in [3.63, 3.8) is 0 Å². The molecule has 1 heterocycles. The van der Waals surface area contributed by atoms with Crippen molar-refractivity contribution in [3.05, 3.63) is 66.2 Å². The highest BCUT2D eigenvalue weighted by atomic mass is 16.5. The number of anilines is 1. The highest BCUT2D eigenvalue weighted by Gasteiger charge is 2.13. The summed E-state index contributed by atoms with van der Waals surface area (Å²) in [6, 6.07) is 21.6. The second-order valence-electron chi connectivity index (χ2n) is 5.67. The third-order valence-corrected chi connectivity index (χ3v) is 3.87. The fourth-order valence-corrected chi connectivity index (χ4v) is 2.62. The number of rotatable bonds is 5. The first-order chi connectivity index (χ1) is 12.2. The van der Waals surface area contributed by atoms with Crippen molar-refractivity contribution < 1.29 is 4.74 Å². The van der Waals surface area contributed by atoms with E-state index in [0.717, 1.165) is 34.6 Å². The van der Waals surface area contributed by atoms with Crippen LogP contribution >= 0.6 is 0 Å². The third-order valence-electron chi connectivity index (χ3n) is 3.87. The number of nitrogen functional groups attached to an aromatic ring is 1. The maximum absolute atomic E-state index is 9.50. The highest BCUT2D eigenvalue weighted by molar-refractivity contribution is 5.80. The Hall–Kier alpha value is -3.32. The van der Waals surface area contributed by atoms with Crippen molar-refractivity contribution in [2.75, 3.05) is 12.3 Å². The molecule has 0 radical (unpaired) electrons. The maximum atomic E-state index is 9.50. The van der Waals surface area contributed by atoms with Gasteiger partial charge in [-0.15, -0.1) is 0 Å². The molecule has 4 heteroatoms. The van der Waals surface area contributed by atoms with Crippen LogP contribution in [-0.2, 0) is 0 Å². The molecule has 2 aromatic carbocycles. The number of nitriles is 1. The first kappa shape index (κ1) is 16.5. The number of pyridine rings is 1. The quantitative estimate of drug-likeness (QED) is 0.739. The maximum Gasteiger partial charge on any atom is 0.142 e. The van der Waals surface area contributed by atoms with Gasteiger partial charge in [-0.2, -0.15) is 5.26 Å². The SMILES string of the molecule is CCCOc1ccc(-c2cc(-c3ccccc3)nc(N)c2C#N)cc1. The fraction of sp³-hybridized carbons (Fsp3) is 0.143. The van der Waals surface area contributed by atoms with Crippen LogP contribution in [0.25, 0.3) is 22.4 Å². The summed E-state index contributed by atoms with van der Waals surface area (Å²) in [4.78, 5) is 4.39. The number of nitrogens with zero attached hydrogens (tertiary/aromatic N) is 2. The molecule has 0 spiro atoms. The Balaban J connectivity index is 2.05. The van der Waals surface area contributed by atoms with Gasteiger partial charge in [0.2, 0.25) is 0 Å². The van der Waals surface area contributed by atoms with Crippen molar-refractivity contribution in [3.8, 4) is 34.2 Å². The van der Waals surface area contributed by atoms with Crippen molar-refractivity contribution >= 4 is 5.82 Å². The first-order valence-corrected chi connectivity index (χ1v) is 8.22. The van der Waals surface area contributed by atoms with Gasteiger partial charge in [0.1, 0.15) is 23.2 Å². The van der Waals surface area contributed by atoms with Crippen LogP contribution in [0, 0.1) is 11.3 Å².